The maximum atomic E-state index is 11.7. The molecule has 0 amide bonds. The summed E-state index contributed by atoms with van der Waals surface area (Å²) < 4.78 is 4.76. The Morgan fingerprint density at radius 2 is 2.35 bits per heavy atom. The van der Waals surface area contributed by atoms with Crippen LogP contribution in [0, 0.1) is 0 Å². The van der Waals surface area contributed by atoms with Crippen molar-refractivity contribution in [2.45, 2.75) is 38.1 Å². The lowest BCUT2D eigenvalue weighted by molar-refractivity contribution is -0.147. The van der Waals surface area contributed by atoms with Crippen LogP contribution in [-0.4, -0.2) is 28.6 Å². The summed E-state index contributed by atoms with van der Waals surface area (Å²) in [6.45, 7) is 2.06. The number of rotatable bonds is 6. The van der Waals surface area contributed by atoms with E-state index in [9.17, 15) is 4.79 Å². The number of hydrogen-bond acceptors (Lipinski definition) is 4. The van der Waals surface area contributed by atoms with Gasteiger partial charge in [0.05, 0.1) is 13.4 Å². The van der Waals surface area contributed by atoms with Gasteiger partial charge in [0.25, 0.3) is 0 Å². The smallest absolute Gasteiger partial charge is 0.326 e. The number of carbonyl (C=O) groups is 1. The van der Waals surface area contributed by atoms with Crippen molar-refractivity contribution in [1.82, 2.24) is 9.97 Å². The Hall–Kier alpha value is -1.07. The van der Waals surface area contributed by atoms with Crippen LogP contribution >= 0.6 is 12.4 Å². The van der Waals surface area contributed by atoms with Crippen molar-refractivity contribution in [3.05, 3.63) is 18.2 Å². The van der Waals surface area contributed by atoms with Crippen molar-refractivity contribution >= 4 is 18.4 Å². The standard InChI is InChI=1S/C11H19N3O2.ClH/c1-3-4-5-11(12,10(15)16-2)6-9-7-13-8-14-9;/h7-8H,3-6,12H2,1-2H3,(H,13,14);1H. The topological polar surface area (TPSA) is 81.0 Å². The third-order valence-electron chi connectivity index (χ3n) is 2.63. The summed E-state index contributed by atoms with van der Waals surface area (Å²) in [5, 5.41) is 0. The molecule has 6 heteroatoms. The number of carbonyl (C=O) groups excluding carboxylic acids is 1. The highest BCUT2D eigenvalue weighted by Crippen LogP contribution is 2.18. The van der Waals surface area contributed by atoms with E-state index in [1.807, 2.05) is 0 Å². The van der Waals surface area contributed by atoms with Crippen LogP contribution in [0.1, 0.15) is 31.9 Å². The van der Waals surface area contributed by atoms with Gasteiger partial charge >= 0.3 is 5.97 Å². The Morgan fingerprint density at radius 1 is 1.65 bits per heavy atom. The predicted octanol–water partition coefficient (Wildman–Crippen LogP) is 1.43. The van der Waals surface area contributed by atoms with Crippen LogP contribution in [0.25, 0.3) is 0 Å². The zero-order valence-electron chi connectivity index (χ0n) is 10.2. The van der Waals surface area contributed by atoms with Gasteiger partial charge in [0.1, 0.15) is 5.54 Å². The van der Waals surface area contributed by atoms with Crippen molar-refractivity contribution in [2.24, 2.45) is 5.73 Å². The highest BCUT2D eigenvalue weighted by atomic mass is 35.5. The molecule has 1 atom stereocenters. The molecular formula is C11H20ClN3O2. The summed E-state index contributed by atoms with van der Waals surface area (Å²) in [5.74, 6) is -0.365. The molecule has 1 aromatic rings. The van der Waals surface area contributed by atoms with Gasteiger partial charge in [-0.15, -0.1) is 12.4 Å². The SMILES string of the molecule is CCCCC(N)(Cc1cnc[nH]1)C(=O)OC.Cl. The van der Waals surface area contributed by atoms with E-state index < -0.39 is 5.54 Å². The van der Waals surface area contributed by atoms with E-state index in [2.05, 4.69) is 16.9 Å². The van der Waals surface area contributed by atoms with Crippen molar-refractivity contribution in [3.63, 3.8) is 0 Å². The highest BCUT2D eigenvalue weighted by molar-refractivity contribution is 5.85. The average Bonchev–Trinajstić information content (AvgIpc) is 2.77. The predicted molar refractivity (Wildman–Crippen MR) is 68.0 cm³/mol. The molecule has 1 heterocycles. The zero-order chi connectivity index (χ0) is 12.0. The summed E-state index contributed by atoms with van der Waals surface area (Å²) in [6, 6.07) is 0. The minimum atomic E-state index is -0.947. The number of unbranched alkanes of at least 4 members (excludes halogenated alkanes) is 1. The molecule has 3 N–H and O–H groups in total. The molecule has 0 saturated heterocycles. The molecule has 0 radical (unpaired) electrons. The first-order chi connectivity index (χ1) is 7.62. The van der Waals surface area contributed by atoms with E-state index in [0.717, 1.165) is 18.5 Å². The van der Waals surface area contributed by atoms with Gasteiger partial charge in [-0.05, 0) is 6.42 Å². The maximum absolute atomic E-state index is 11.7. The number of methoxy groups -OCH3 is 1. The van der Waals surface area contributed by atoms with Crippen molar-refractivity contribution in [3.8, 4) is 0 Å². The normalized spacial score (nSPS) is 13.6. The summed E-state index contributed by atoms with van der Waals surface area (Å²) in [7, 11) is 1.36. The molecule has 0 aliphatic carbocycles. The van der Waals surface area contributed by atoms with Gasteiger partial charge in [-0.2, -0.15) is 0 Å². The molecule has 0 aromatic carbocycles. The second-order valence-corrected chi connectivity index (χ2v) is 4.00. The van der Waals surface area contributed by atoms with E-state index >= 15 is 0 Å². The number of H-pyrrole nitrogens is 1. The largest absolute Gasteiger partial charge is 0.468 e. The minimum Gasteiger partial charge on any atom is -0.468 e. The second kappa shape index (κ2) is 7.29. The van der Waals surface area contributed by atoms with E-state index in [0.29, 0.717) is 12.8 Å². The summed E-state index contributed by atoms with van der Waals surface area (Å²) in [5.41, 5.74) is 6.01. The molecule has 5 nitrogen and oxygen atoms in total. The number of esters is 1. The van der Waals surface area contributed by atoms with Gasteiger partial charge in [-0.25, -0.2) is 4.98 Å². The molecule has 0 bridgehead atoms. The van der Waals surface area contributed by atoms with Gasteiger partial charge in [0.2, 0.25) is 0 Å². The lowest BCUT2D eigenvalue weighted by Gasteiger charge is -2.25. The number of nitrogens with two attached hydrogens (primary N) is 1. The van der Waals surface area contributed by atoms with Crippen LogP contribution < -0.4 is 5.73 Å². The molecule has 1 aromatic heterocycles. The molecule has 0 aliphatic heterocycles. The third kappa shape index (κ3) is 4.36. The van der Waals surface area contributed by atoms with Crippen LogP contribution in [0.4, 0.5) is 0 Å². The van der Waals surface area contributed by atoms with Gasteiger partial charge < -0.3 is 15.5 Å². The quantitative estimate of drug-likeness (QED) is 0.759. The van der Waals surface area contributed by atoms with E-state index in [1.54, 1.807) is 12.5 Å². The molecule has 17 heavy (non-hydrogen) atoms. The number of aromatic nitrogens is 2. The summed E-state index contributed by atoms with van der Waals surface area (Å²) >= 11 is 0. The fourth-order valence-electron chi connectivity index (χ4n) is 1.68. The number of halogens is 1. The Morgan fingerprint density at radius 3 is 2.82 bits per heavy atom. The molecule has 0 fully saturated rings. The van der Waals surface area contributed by atoms with Crippen LogP contribution in [0.5, 0.6) is 0 Å². The van der Waals surface area contributed by atoms with Crippen molar-refractivity contribution in [1.29, 1.82) is 0 Å². The van der Waals surface area contributed by atoms with Crippen LogP contribution in [-0.2, 0) is 16.0 Å². The first-order valence-corrected chi connectivity index (χ1v) is 5.47. The Kier molecular flexibility index (Phi) is 6.83. The van der Waals surface area contributed by atoms with Gasteiger partial charge in [-0.3, -0.25) is 4.79 Å². The lowest BCUT2D eigenvalue weighted by Crippen LogP contribution is -2.50. The molecular weight excluding hydrogens is 242 g/mol. The monoisotopic (exact) mass is 261 g/mol. The fraction of sp³-hybridized carbons (Fsp3) is 0.636. The van der Waals surface area contributed by atoms with Gasteiger partial charge in [0, 0.05) is 18.3 Å². The molecule has 1 unspecified atom stereocenters. The average molecular weight is 262 g/mol. The van der Waals surface area contributed by atoms with Crippen molar-refractivity contribution < 1.29 is 9.53 Å². The number of hydrogen-bond donors (Lipinski definition) is 2. The highest BCUT2D eigenvalue weighted by Gasteiger charge is 2.35. The van der Waals surface area contributed by atoms with Gasteiger partial charge in [0.15, 0.2) is 0 Å². The number of nitrogens with zero attached hydrogens (tertiary/aromatic N) is 1. The summed E-state index contributed by atoms with van der Waals surface area (Å²) in [4.78, 5) is 18.5. The number of imidazole rings is 1. The second-order valence-electron chi connectivity index (χ2n) is 4.00. The fourth-order valence-corrected chi connectivity index (χ4v) is 1.68. The van der Waals surface area contributed by atoms with Crippen LogP contribution in [0.2, 0.25) is 0 Å². The van der Waals surface area contributed by atoms with E-state index in [1.165, 1.54) is 7.11 Å². The molecule has 0 spiro atoms. The van der Waals surface area contributed by atoms with Crippen LogP contribution in [0.15, 0.2) is 12.5 Å². The minimum absolute atomic E-state index is 0. The lowest BCUT2D eigenvalue weighted by atomic mass is 9.89. The number of aromatic amines is 1. The third-order valence-corrected chi connectivity index (χ3v) is 2.63. The molecule has 0 saturated carbocycles. The molecule has 98 valence electrons. The summed E-state index contributed by atoms with van der Waals surface area (Å²) in [6.07, 6.45) is 6.21. The Labute approximate surface area is 108 Å². The Bertz CT molecular complexity index is 329. The zero-order valence-corrected chi connectivity index (χ0v) is 11.0. The van der Waals surface area contributed by atoms with E-state index in [4.69, 9.17) is 10.5 Å². The van der Waals surface area contributed by atoms with Gasteiger partial charge in [-0.1, -0.05) is 19.8 Å². The Balaban J connectivity index is 0.00000256. The number of nitrogens with one attached hydrogen (secondary N) is 1. The first-order valence-electron chi connectivity index (χ1n) is 5.47. The number of ether oxygens (including phenoxy) is 1. The van der Waals surface area contributed by atoms with Crippen LogP contribution in [0.3, 0.4) is 0 Å². The molecule has 1 rings (SSSR count). The molecule has 0 aliphatic rings. The van der Waals surface area contributed by atoms with E-state index in [-0.39, 0.29) is 18.4 Å². The first kappa shape index (κ1) is 15.9. The maximum Gasteiger partial charge on any atom is 0.326 e. The van der Waals surface area contributed by atoms with Crippen molar-refractivity contribution in [2.75, 3.05) is 7.11 Å².